The number of ether oxygens (including phenoxy) is 2. The third-order valence-electron chi connectivity index (χ3n) is 3.11. The summed E-state index contributed by atoms with van der Waals surface area (Å²) in [5, 5.41) is 6.60. The van der Waals surface area contributed by atoms with Gasteiger partial charge in [0.15, 0.2) is 11.5 Å². The van der Waals surface area contributed by atoms with Gasteiger partial charge in [0.25, 0.3) is 5.91 Å². The predicted octanol–water partition coefficient (Wildman–Crippen LogP) is 1.45. The van der Waals surface area contributed by atoms with Crippen LogP contribution in [-0.2, 0) is 6.54 Å². The summed E-state index contributed by atoms with van der Waals surface area (Å²) in [6.45, 7) is 1.56. The van der Waals surface area contributed by atoms with Crippen LogP contribution in [0.4, 0.5) is 0 Å². The van der Waals surface area contributed by atoms with Crippen LogP contribution in [-0.4, -0.2) is 41.3 Å². The van der Waals surface area contributed by atoms with Crippen molar-refractivity contribution in [1.29, 1.82) is 0 Å². The van der Waals surface area contributed by atoms with Crippen LogP contribution in [0.15, 0.2) is 30.6 Å². The third kappa shape index (κ3) is 2.45. The number of aromatic nitrogens is 2. The first kappa shape index (κ1) is 12.5. The van der Waals surface area contributed by atoms with Crippen LogP contribution in [0.3, 0.4) is 0 Å². The molecule has 0 unspecified atom stereocenters. The van der Waals surface area contributed by atoms with Crippen LogP contribution in [0.2, 0.25) is 0 Å². The number of hydrogen-bond acceptors (Lipinski definition) is 4. The minimum atomic E-state index is -0.0665. The number of hydrogen-bond donors (Lipinski definition) is 1. The van der Waals surface area contributed by atoms with Gasteiger partial charge in [-0.2, -0.15) is 5.10 Å². The quantitative estimate of drug-likeness (QED) is 0.919. The molecule has 0 saturated heterocycles. The van der Waals surface area contributed by atoms with Crippen LogP contribution in [0.5, 0.6) is 11.5 Å². The molecular weight excluding hydrogens is 258 g/mol. The lowest BCUT2D eigenvalue weighted by molar-refractivity contribution is 0.0784. The molecule has 0 saturated carbocycles. The summed E-state index contributed by atoms with van der Waals surface area (Å²) in [4.78, 5) is 14.0. The van der Waals surface area contributed by atoms with Crippen molar-refractivity contribution in [2.24, 2.45) is 0 Å². The van der Waals surface area contributed by atoms with E-state index < -0.39 is 0 Å². The Kier molecular flexibility index (Phi) is 3.28. The number of nitrogens with zero attached hydrogens (tertiary/aromatic N) is 2. The lowest BCUT2D eigenvalue weighted by Crippen LogP contribution is -2.26. The summed E-state index contributed by atoms with van der Waals surface area (Å²) in [7, 11) is 1.76. The maximum Gasteiger partial charge on any atom is 0.254 e. The largest absolute Gasteiger partial charge is 0.486 e. The van der Waals surface area contributed by atoms with E-state index in [2.05, 4.69) is 10.2 Å². The summed E-state index contributed by atoms with van der Waals surface area (Å²) < 4.78 is 10.9. The molecule has 0 fully saturated rings. The minimum Gasteiger partial charge on any atom is -0.486 e. The third-order valence-corrected chi connectivity index (χ3v) is 3.11. The van der Waals surface area contributed by atoms with Crippen LogP contribution in [0, 0.1) is 0 Å². The van der Waals surface area contributed by atoms with E-state index in [1.54, 1.807) is 42.5 Å². The summed E-state index contributed by atoms with van der Waals surface area (Å²) in [5.41, 5.74) is 1.54. The molecule has 1 aromatic carbocycles. The number of carbonyl (C=O) groups is 1. The van der Waals surface area contributed by atoms with Gasteiger partial charge in [0.1, 0.15) is 13.2 Å². The zero-order valence-corrected chi connectivity index (χ0v) is 11.1. The highest BCUT2D eigenvalue weighted by Gasteiger charge is 2.17. The molecule has 0 aliphatic carbocycles. The Morgan fingerprint density at radius 2 is 2.15 bits per heavy atom. The van der Waals surface area contributed by atoms with Crippen LogP contribution in [0.1, 0.15) is 15.9 Å². The average Bonchev–Trinajstić information content (AvgIpc) is 2.99. The molecule has 0 bridgehead atoms. The second-order valence-electron chi connectivity index (χ2n) is 4.63. The molecule has 3 rings (SSSR count). The summed E-state index contributed by atoms with van der Waals surface area (Å²) in [5.74, 6) is 1.24. The minimum absolute atomic E-state index is 0.0665. The number of rotatable bonds is 3. The molecule has 104 valence electrons. The molecular formula is C14H15N3O3. The fraction of sp³-hybridized carbons (Fsp3) is 0.286. The van der Waals surface area contributed by atoms with Gasteiger partial charge in [-0.05, 0) is 18.2 Å². The molecule has 6 nitrogen and oxygen atoms in total. The van der Waals surface area contributed by atoms with E-state index in [1.807, 2.05) is 0 Å². The molecule has 2 heterocycles. The molecule has 1 aromatic heterocycles. The van der Waals surface area contributed by atoms with E-state index in [0.29, 0.717) is 36.8 Å². The Labute approximate surface area is 116 Å². The Balaban J connectivity index is 1.76. The smallest absolute Gasteiger partial charge is 0.254 e. The Bertz CT molecular complexity index is 610. The summed E-state index contributed by atoms with van der Waals surface area (Å²) in [6, 6.07) is 5.25. The van der Waals surface area contributed by atoms with Crippen molar-refractivity contribution in [3.05, 3.63) is 41.7 Å². The van der Waals surface area contributed by atoms with Crippen molar-refractivity contribution >= 4 is 5.91 Å². The molecule has 0 radical (unpaired) electrons. The van der Waals surface area contributed by atoms with E-state index >= 15 is 0 Å². The van der Waals surface area contributed by atoms with E-state index in [0.717, 1.165) is 5.56 Å². The predicted molar refractivity (Wildman–Crippen MR) is 71.8 cm³/mol. The highest BCUT2D eigenvalue weighted by Crippen LogP contribution is 2.31. The van der Waals surface area contributed by atoms with Crippen LogP contribution in [0.25, 0.3) is 0 Å². The maximum absolute atomic E-state index is 12.4. The summed E-state index contributed by atoms with van der Waals surface area (Å²) >= 11 is 0. The number of nitrogens with one attached hydrogen (secondary N) is 1. The maximum atomic E-state index is 12.4. The number of fused-ring (bicyclic) bond motifs is 1. The van der Waals surface area contributed by atoms with E-state index in [1.165, 1.54) is 0 Å². The first-order valence-electron chi connectivity index (χ1n) is 6.37. The van der Waals surface area contributed by atoms with Crippen LogP contribution < -0.4 is 9.47 Å². The normalized spacial score (nSPS) is 13.1. The first-order valence-corrected chi connectivity index (χ1v) is 6.37. The standard InChI is InChI=1S/C14H15N3O3/c1-17(9-10-7-15-16-8-10)14(18)11-2-3-12-13(6-11)20-5-4-19-12/h2-3,6-8H,4-5,9H2,1H3,(H,15,16). The Morgan fingerprint density at radius 1 is 1.35 bits per heavy atom. The highest BCUT2D eigenvalue weighted by atomic mass is 16.6. The molecule has 1 N–H and O–H groups in total. The second kappa shape index (κ2) is 5.24. The SMILES string of the molecule is CN(Cc1cn[nH]c1)C(=O)c1ccc2c(c1)OCCO2. The molecule has 20 heavy (non-hydrogen) atoms. The highest BCUT2D eigenvalue weighted by molar-refractivity contribution is 5.94. The average molecular weight is 273 g/mol. The van der Waals surface area contributed by atoms with Gasteiger partial charge in [-0.15, -0.1) is 0 Å². The lowest BCUT2D eigenvalue weighted by Gasteiger charge is -2.20. The van der Waals surface area contributed by atoms with Gasteiger partial charge in [-0.3, -0.25) is 9.89 Å². The second-order valence-corrected chi connectivity index (χ2v) is 4.63. The number of amides is 1. The van der Waals surface area contributed by atoms with Gasteiger partial charge in [0.2, 0.25) is 0 Å². The fourth-order valence-corrected chi connectivity index (χ4v) is 2.11. The van der Waals surface area contributed by atoms with Crippen molar-refractivity contribution in [3.8, 4) is 11.5 Å². The van der Waals surface area contributed by atoms with Gasteiger partial charge in [-0.1, -0.05) is 0 Å². The van der Waals surface area contributed by atoms with Crippen molar-refractivity contribution in [3.63, 3.8) is 0 Å². The van der Waals surface area contributed by atoms with Crippen LogP contribution >= 0.6 is 0 Å². The van der Waals surface area contributed by atoms with E-state index in [-0.39, 0.29) is 5.91 Å². The van der Waals surface area contributed by atoms with Crippen molar-refractivity contribution in [2.75, 3.05) is 20.3 Å². The molecule has 1 aliphatic rings. The van der Waals surface area contributed by atoms with Gasteiger partial charge in [-0.25, -0.2) is 0 Å². The van der Waals surface area contributed by atoms with Gasteiger partial charge < -0.3 is 14.4 Å². The molecule has 6 heteroatoms. The molecule has 1 amide bonds. The van der Waals surface area contributed by atoms with E-state index in [4.69, 9.17) is 9.47 Å². The lowest BCUT2D eigenvalue weighted by atomic mass is 10.1. The number of carbonyl (C=O) groups excluding carboxylic acids is 1. The van der Waals surface area contributed by atoms with Crippen molar-refractivity contribution in [1.82, 2.24) is 15.1 Å². The van der Waals surface area contributed by atoms with Gasteiger partial charge in [0.05, 0.1) is 6.20 Å². The topological polar surface area (TPSA) is 67.5 Å². The summed E-state index contributed by atoms with van der Waals surface area (Å²) in [6.07, 6.45) is 3.47. The zero-order valence-electron chi connectivity index (χ0n) is 11.1. The molecule has 0 atom stereocenters. The van der Waals surface area contributed by atoms with Gasteiger partial charge >= 0.3 is 0 Å². The molecule has 0 spiro atoms. The van der Waals surface area contributed by atoms with E-state index in [9.17, 15) is 4.79 Å². The number of aromatic amines is 1. The number of H-pyrrole nitrogens is 1. The zero-order chi connectivity index (χ0) is 13.9. The van der Waals surface area contributed by atoms with Crippen molar-refractivity contribution < 1.29 is 14.3 Å². The Hall–Kier alpha value is -2.50. The number of benzene rings is 1. The fourth-order valence-electron chi connectivity index (χ4n) is 2.11. The van der Waals surface area contributed by atoms with Gasteiger partial charge in [0, 0.05) is 30.9 Å². The molecule has 1 aliphatic heterocycles. The first-order chi connectivity index (χ1) is 9.74. The Morgan fingerprint density at radius 3 is 2.90 bits per heavy atom. The molecule has 2 aromatic rings. The monoisotopic (exact) mass is 273 g/mol. The van der Waals surface area contributed by atoms with Crippen molar-refractivity contribution in [2.45, 2.75) is 6.54 Å².